The smallest absolute Gasteiger partial charge is 0.251 e. The fourth-order valence-corrected chi connectivity index (χ4v) is 1.15. The quantitative estimate of drug-likeness (QED) is 0.573. The molecule has 0 fully saturated rings. The van der Waals surface area contributed by atoms with Gasteiger partial charge in [-0.25, -0.2) is 0 Å². The van der Waals surface area contributed by atoms with E-state index in [9.17, 15) is 4.79 Å². The molecule has 15 heavy (non-hydrogen) atoms. The van der Waals surface area contributed by atoms with Gasteiger partial charge >= 0.3 is 0 Å². The maximum atomic E-state index is 11.0. The van der Waals surface area contributed by atoms with Gasteiger partial charge in [0.25, 0.3) is 5.91 Å². The minimum absolute atomic E-state index is 0.173. The van der Waals surface area contributed by atoms with Gasteiger partial charge in [0.15, 0.2) is 0 Å². The number of nitrogens with one attached hydrogen (secondary N) is 1. The Morgan fingerprint density at radius 3 is 3.20 bits per heavy atom. The zero-order chi connectivity index (χ0) is 11.1. The molecule has 4 heteroatoms. The molecule has 1 aromatic heterocycles. The van der Waals surface area contributed by atoms with Gasteiger partial charge < -0.3 is 5.32 Å². The summed E-state index contributed by atoms with van der Waals surface area (Å²) in [7, 11) is 0. The number of amides is 1. The first-order valence-corrected chi connectivity index (χ1v) is 4.91. The Kier molecular flexibility index (Phi) is 4.38. The fraction of sp³-hybridized carbons (Fsp3) is 0.364. The van der Waals surface area contributed by atoms with Crippen LogP contribution in [0.3, 0.4) is 0 Å². The fourth-order valence-electron chi connectivity index (χ4n) is 1.15. The predicted octanol–water partition coefficient (Wildman–Crippen LogP) is 0.903. The second kappa shape index (κ2) is 5.83. The summed E-state index contributed by atoms with van der Waals surface area (Å²) < 4.78 is 1.82. The third-order valence-corrected chi connectivity index (χ3v) is 1.97. The maximum Gasteiger partial charge on any atom is 0.251 e. The van der Waals surface area contributed by atoms with Crippen LogP contribution in [0.2, 0.25) is 0 Å². The van der Waals surface area contributed by atoms with Crippen molar-refractivity contribution in [3.63, 3.8) is 0 Å². The van der Waals surface area contributed by atoms with Gasteiger partial charge in [-0.3, -0.25) is 9.48 Å². The molecule has 0 aromatic carbocycles. The van der Waals surface area contributed by atoms with Crippen molar-refractivity contribution in [2.45, 2.75) is 19.9 Å². The number of carbonyl (C=O) groups is 1. The minimum Gasteiger partial charge on any atom is -0.350 e. The van der Waals surface area contributed by atoms with Crippen molar-refractivity contribution >= 4 is 5.91 Å². The highest BCUT2D eigenvalue weighted by atomic mass is 16.1. The van der Waals surface area contributed by atoms with Crippen LogP contribution in [-0.2, 0) is 17.8 Å². The van der Waals surface area contributed by atoms with Crippen molar-refractivity contribution in [1.29, 1.82) is 0 Å². The van der Waals surface area contributed by atoms with E-state index in [1.165, 1.54) is 11.6 Å². The van der Waals surface area contributed by atoms with Crippen LogP contribution >= 0.6 is 0 Å². The highest BCUT2D eigenvalue weighted by Crippen LogP contribution is 1.97. The summed E-state index contributed by atoms with van der Waals surface area (Å²) in [5.41, 5.74) is 3.62. The van der Waals surface area contributed by atoms with Gasteiger partial charge in [-0.2, -0.15) is 5.10 Å². The SMILES string of the molecule is C=C=CC(=O)NCCn1cc(CC)cn1. The molecule has 1 rings (SSSR count). The molecule has 80 valence electrons. The number of hydrogen-bond acceptors (Lipinski definition) is 2. The zero-order valence-corrected chi connectivity index (χ0v) is 8.86. The van der Waals surface area contributed by atoms with E-state index in [4.69, 9.17) is 0 Å². The Bertz CT molecular complexity index is 375. The van der Waals surface area contributed by atoms with E-state index in [-0.39, 0.29) is 5.91 Å². The van der Waals surface area contributed by atoms with Crippen molar-refractivity contribution in [3.8, 4) is 0 Å². The summed E-state index contributed by atoms with van der Waals surface area (Å²) in [6.07, 6.45) is 6.08. The van der Waals surface area contributed by atoms with E-state index in [1.807, 2.05) is 17.1 Å². The van der Waals surface area contributed by atoms with Gasteiger partial charge in [0.1, 0.15) is 0 Å². The van der Waals surface area contributed by atoms with Gasteiger partial charge in [0.05, 0.1) is 12.7 Å². The van der Waals surface area contributed by atoms with E-state index in [0.717, 1.165) is 6.42 Å². The first kappa shape index (κ1) is 11.3. The van der Waals surface area contributed by atoms with Crippen LogP contribution in [0.25, 0.3) is 0 Å². The van der Waals surface area contributed by atoms with Crippen LogP contribution in [0.4, 0.5) is 0 Å². The second-order valence-corrected chi connectivity index (χ2v) is 3.10. The molecule has 0 aliphatic rings. The molecule has 0 aliphatic carbocycles. The van der Waals surface area contributed by atoms with Gasteiger partial charge in [-0.1, -0.05) is 13.5 Å². The minimum atomic E-state index is -0.173. The topological polar surface area (TPSA) is 46.9 Å². The van der Waals surface area contributed by atoms with Crippen molar-refractivity contribution in [1.82, 2.24) is 15.1 Å². The van der Waals surface area contributed by atoms with Gasteiger partial charge in [-0.15, -0.1) is 5.73 Å². The number of hydrogen-bond donors (Lipinski definition) is 1. The van der Waals surface area contributed by atoms with Crippen LogP contribution in [0.1, 0.15) is 12.5 Å². The molecule has 4 nitrogen and oxygen atoms in total. The lowest BCUT2D eigenvalue weighted by atomic mass is 10.3. The molecule has 1 heterocycles. The number of aryl methyl sites for hydroxylation is 1. The van der Waals surface area contributed by atoms with Crippen molar-refractivity contribution in [2.75, 3.05) is 6.54 Å². The monoisotopic (exact) mass is 205 g/mol. The third-order valence-electron chi connectivity index (χ3n) is 1.97. The summed E-state index contributed by atoms with van der Waals surface area (Å²) in [5, 5.41) is 6.86. The zero-order valence-electron chi connectivity index (χ0n) is 8.86. The molecular formula is C11H15N3O. The molecular weight excluding hydrogens is 190 g/mol. The molecule has 0 unspecified atom stereocenters. The largest absolute Gasteiger partial charge is 0.350 e. The molecule has 0 saturated carbocycles. The van der Waals surface area contributed by atoms with E-state index in [1.54, 1.807) is 0 Å². The summed E-state index contributed by atoms with van der Waals surface area (Å²) in [5.74, 6) is -0.173. The summed E-state index contributed by atoms with van der Waals surface area (Å²) in [4.78, 5) is 11.0. The molecule has 0 aliphatic heterocycles. The Labute approximate surface area is 89.3 Å². The Hall–Kier alpha value is -1.80. The number of nitrogens with zero attached hydrogens (tertiary/aromatic N) is 2. The highest BCUT2D eigenvalue weighted by molar-refractivity contribution is 5.87. The number of rotatable bonds is 5. The summed E-state index contributed by atoms with van der Waals surface area (Å²) in [6, 6.07) is 0. The lowest BCUT2D eigenvalue weighted by molar-refractivity contribution is -0.116. The standard InChI is InChI=1S/C11H15N3O/c1-3-5-11(15)12-6-7-14-9-10(4-2)8-13-14/h5,8-9H,1,4,6-7H2,2H3,(H,12,15). The average Bonchev–Trinajstić information content (AvgIpc) is 2.66. The van der Waals surface area contributed by atoms with Gasteiger partial charge in [0.2, 0.25) is 0 Å². The van der Waals surface area contributed by atoms with Gasteiger partial charge in [-0.05, 0) is 12.0 Å². The van der Waals surface area contributed by atoms with E-state index in [2.05, 4.69) is 29.6 Å². The van der Waals surface area contributed by atoms with Crippen LogP contribution < -0.4 is 5.32 Å². The van der Waals surface area contributed by atoms with E-state index < -0.39 is 0 Å². The summed E-state index contributed by atoms with van der Waals surface area (Å²) in [6.45, 7) is 6.64. The van der Waals surface area contributed by atoms with Crippen molar-refractivity contribution < 1.29 is 4.79 Å². The molecule has 0 bridgehead atoms. The van der Waals surface area contributed by atoms with Gasteiger partial charge in [0, 0.05) is 18.8 Å². The Morgan fingerprint density at radius 2 is 2.60 bits per heavy atom. The molecule has 0 saturated heterocycles. The van der Waals surface area contributed by atoms with Crippen LogP contribution in [0.5, 0.6) is 0 Å². The van der Waals surface area contributed by atoms with Crippen molar-refractivity contribution in [3.05, 3.63) is 36.3 Å². The maximum absolute atomic E-state index is 11.0. The molecule has 0 spiro atoms. The lowest BCUT2D eigenvalue weighted by Crippen LogP contribution is -2.25. The molecule has 1 aromatic rings. The predicted molar refractivity (Wildman–Crippen MR) is 58.3 cm³/mol. The van der Waals surface area contributed by atoms with Crippen LogP contribution in [-0.4, -0.2) is 22.2 Å². The van der Waals surface area contributed by atoms with E-state index in [0.29, 0.717) is 13.1 Å². The molecule has 0 atom stereocenters. The molecule has 1 amide bonds. The van der Waals surface area contributed by atoms with E-state index >= 15 is 0 Å². The number of aromatic nitrogens is 2. The third kappa shape index (κ3) is 3.83. The lowest BCUT2D eigenvalue weighted by Gasteiger charge is -2.01. The average molecular weight is 205 g/mol. The Balaban J connectivity index is 2.31. The summed E-state index contributed by atoms with van der Waals surface area (Å²) >= 11 is 0. The van der Waals surface area contributed by atoms with Crippen LogP contribution in [0.15, 0.2) is 30.8 Å². The molecule has 0 radical (unpaired) electrons. The first-order valence-electron chi connectivity index (χ1n) is 4.91. The van der Waals surface area contributed by atoms with Crippen LogP contribution in [0, 0.1) is 0 Å². The highest BCUT2D eigenvalue weighted by Gasteiger charge is 1.97. The second-order valence-electron chi connectivity index (χ2n) is 3.10. The number of carbonyl (C=O) groups excluding carboxylic acids is 1. The molecule has 1 N–H and O–H groups in total. The normalized spacial score (nSPS) is 9.40. The van der Waals surface area contributed by atoms with Crippen molar-refractivity contribution in [2.24, 2.45) is 0 Å². The Morgan fingerprint density at radius 1 is 1.80 bits per heavy atom. The first-order chi connectivity index (χ1) is 7.26.